The van der Waals surface area contributed by atoms with Crippen molar-refractivity contribution in [2.24, 2.45) is 0 Å². The minimum atomic E-state index is -0.699. The Hall–Kier alpha value is -0.540. The summed E-state index contributed by atoms with van der Waals surface area (Å²) >= 11 is 0. The van der Waals surface area contributed by atoms with Gasteiger partial charge in [-0.05, 0) is 12.8 Å². The molecule has 0 saturated carbocycles. The van der Waals surface area contributed by atoms with E-state index in [0.29, 0.717) is 6.42 Å². The third kappa shape index (κ3) is 9.37. The molecule has 0 aliphatic carbocycles. The minimum Gasteiger partial charge on any atom is -0.473 e. The van der Waals surface area contributed by atoms with E-state index in [2.05, 4.69) is 6.58 Å². The molecule has 0 aromatic rings. The predicted molar refractivity (Wildman–Crippen MR) is 52.1 cm³/mol. The summed E-state index contributed by atoms with van der Waals surface area (Å²) in [7, 11) is 0. The molecule has 0 aromatic carbocycles. The van der Waals surface area contributed by atoms with Crippen LogP contribution in [-0.2, 0) is 4.74 Å². The van der Waals surface area contributed by atoms with E-state index in [1.165, 1.54) is 6.26 Å². The van der Waals surface area contributed by atoms with Gasteiger partial charge in [-0.3, -0.25) is 0 Å². The van der Waals surface area contributed by atoms with Gasteiger partial charge in [0.1, 0.15) is 0 Å². The summed E-state index contributed by atoms with van der Waals surface area (Å²) in [6, 6.07) is 0. The number of ether oxygens (including phenoxy) is 1. The van der Waals surface area contributed by atoms with Gasteiger partial charge >= 0.3 is 0 Å². The fourth-order valence-electron chi connectivity index (χ4n) is 1.14. The van der Waals surface area contributed by atoms with Crippen LogP contribution in [0.3, 0.4) is 0 Å². The quantitative estimate of drug-likeness (QED) is 0.329. The molecule has 0 aromatic heterocycles. The van der Waals surface area contributed by atoms with Gasteiger partial charge in [-0.2, -0.15) is 0 Å². The first-order valence-corrected chi connectivity index (χ1v) is 4.86. The van der Waals surface area contributed by atoms with E-state index >= 15 is 0 Å². The van der Waals surface area contributed by atoms with Crippen molar-refractivity contribution in [2.75, 3.05) is 6.61 Å². The molecule has 0 amide bonds. The number of rotatable bonds is 9. The highest BCUT2D eigenvalue weighted by molar-refractivity contribution is 4.53. The zero-order valence-corrected chi connectivity index (χ0v) is 8.11. The second kappa shape index (κ2) is 9.55. The molecular formula is C10H20O3. The molecule has 13 heavy (non-hydrogen) atoms. The first-order valence-electron chi connectivity index (χ1n) is 4.86. The molecule has 0 saturated heterocycles. The van der Waals surface area contributed by atoms with Gasteiger partial charge in [-0.1, -0.05) is 25.8 Å². The van der Waals surface area contributed by atoms with Gasteiger partial charge < -0.3 is 14.9 Å². The van der Waals surface area contributed by atoms with E-state index < -0.39 is 6.29 Å². The Bertz CT molecular complexity index is 115. The Morgan fingerprint density at radius 1 is 1.15 bits per heavy atom. The highest BCUT2D eigenvalue weighted by atomic mass is 16.6. The molecule has 0 spiro atoms. The van der Waals surface area contributed by atoms with E-state index in [1.54, 1.807) is 0 Å². The molecule has 0 bridgehead atoms. The highest BCUT2D eigenvalue weighted by Crippen LogP contribution is 2.07. The van der Waals surface area contributed by atoms with Gasteiger partial charge in [0, 0.05) is 13.0 Å². The SMILES string of the molecule is C=COC(O)CCCCCCCO. The molecule has 3 nitrogen and oxygen atoms in total. The Balaban J connectivity index is 3.01. The maximum absolute atomic E-state index is 9.12. The number of aliphatic hydroxyl groups is 2. The van der Waals surface area contributed by atoms with Crippen LogP contribution in [0.4, 0.5) is 0 Å². The van der Waals surface area contributed by atoms with Gasteiger partial charge in [-0.15, -0.1) is 0 Å². The van der Waals surface area contributed by atoms with Crippen LogP contribution in [0.2, 0.25) is 0 Å². The second-order valence-electron chi connectivity index (χ2n) is 3.04. The molecule has 0 rings (SSSR count). The van der Waals surface area contributed by atoms with Gasteiger partial charge in [0.05, 0.1) is 6.26 Å². The van der Waals surface area contributed by atoms with Crippen molar-refractivity contribution >= 4 is 0 Å². The van der Waals surface area contributed by atoms with E-state index in [9.17, 15) is 0 Å². The van der Waals surface area contributed by atoms with E-state index in [0.717, 1.165) is 32.1 Å². The minimum absolute atomic E-state index is 0.280. The molecule has 3 heteroatoms. The third-order valence-electron chi connectivity index (χ3n) is 1.86. The number of hydrogen-bond acceptors (Lipinski definition) is 3. The number of unbranched alkanes of at least 4 members (excludes halogenated alkanes) is 4. The predicted octanol–water partition coefficient (Wildman–Crippen LogP) is 1.80. The van der Waals surface area contributed by atoms with Crippen molar-refractivity contribution in [2.45, 2.75) is 44.8 Å². The normalized spacial score (nSPS) is 12.5. The first-order chi connectivity index (χ1) is 6.31. The Morgan fingerprint density at radius 3 is 2.38 bits per heavy atom. The molecule has 0 aliphatic heterocycles. The maximum Gasteiger partial charge on any atom is 0.196 e. The number of hydrogen-bond donors (Lipinski definition) is 2. The average Bonchev–Trinajstić information content (AvgIpc) is 2.11. The van der Waals surface area contributed by atoms with Crippen molar-refractivity contribution in [1.82, 2.24) is 0 Å². The van der Waals surface area contributed by atoms with Crippen molar-refractivity contribution < 1.29 is 14.9 Å². The fraction of sp³-hybridized carbons (Fsp3) is 0.800. The molecular weight excluding hydrogens is 168 g/mol. The molecule has 1 atom stereocenters. The summed E-state index contributed by atoms with van der Waals surface area (Å²) in [6.07, 6.45) is 6.32. The molecule has 0 radical (unpaired) electrons. The van der Waals surface area contributed by atoms with Crippen LogP contribution in [0.25, 0.3) is 0 Å². The number of aliphatic hydroxyl groups excluding tert-OH is 2. The summed E-state index contributed by atoms with van der Waals surface area (Å²) in [4.78, 5) is 0. The Morgan fingerprint density at radius 2 is 1.77 bits per heavy atom. The lowest BCUT2D eigenvalue weighted by molar-refractivity contribution is -0.0569. The summed E-state index contributed by atoms with van der Waals surface area (Å²) in [5.74, 6) is 0. The van der Waals surface area contributed by atoms with Gasteiger partial charge in [-0.25, -0.2) is 0 Å². The molecule has 2 N–H and O–H groups in total. The smallest absolute Gasteiger partial charge is 0.196 e. The largest absolute Gasteiger partial charge is 0.473 e. The maximum atomic E-state index is 9.12. The molecule has 1 unspecified atom stereocenters. The van der Waals surface area contributed by atoms with Crippen LogP contribution in [0.1, 0.15) is 38.5 Å². The van der Waals surface area contributed by atoms with Crippen LogP contribution < -0.4 is 0 Å². The van der Waals surface area contributed by atoms with E-state index in [4.69, 9.17) is 14.9 Å². The monoisotopic (exact) mass is 188 g/mol. The van der Waals surface area contributed by atoms with Crippen molar-refractivity contribution in [3.63, 3.8) is 0 Å². The van der Waals surface area contributed by atoms with Crippen molar-refractivity contribution in [3.05, 3.63) is 12.8 Å². The fourth-order valence-corrected chi connectivity index (χ4v) is 1.14. The van der Waals surface area contributed by atoms with E-state index in [1.807, 2.05) is 0 Å². The molecule has 0 fully saturated rings. The summed E-state index contributed by atoms with van der Waals surface area (Å²) in [5, 5.41) is 17.6. The second-order valence-corrected chi connectivity index (χ2v) is 3.04. The van der Waals surface area contributed by atoms with Crippen LogP contribution >= 0.6 is 0 Å². The van der Waals surface area contributed by atoms with E-state index in [-0.39, 0.29) is 6.61 Å². The van der Waals surface area contributed by atoms with Crippen LogP contribution in [0, 0.1) is 0 Å². The molecule has 0 heterocycles. The van der Waals surface area contributed by atoms with Crippen LogP contribution in [0.5, 0.6) is 0 Å². The highest BCUT2D eigenvalue weighted by Gasteiger charge is 2.00. The summed E-state index contributed by atoms with van der Waals surface area (Å²) in [5.41, 5.74) is 0. The zero-order valence-electron chi connectivity index (χ0n) is 8.11. The van der Waals surface area contributed by atoms with Gasteiger partial charge in [0.15, 0.2) is 6.29 Å². The van der Waals surface area contributed by atoms with Crippen LogP contribution in [-0.4, -0.2) is 23.1 Å². The lowest BCUT2D eigenvalue weighted by Crippen LogP contribution is -2.07. The zero-order chi connectivity index (χ0) is 9.94. The molecule has 78 valence electrons. The Labute approximate surface area is 80.0 Å². The van der Waals surface area contributed by atoms with Gasteiger partial charge in [0.2, 0.25) is 0 Å². The Kier molecular flexibility index (Phi) is 9.15. The first kappa shape index (κ1) is 12.5. The summed E-state index contributed by atoms with van der Waals surface area (Å²) < 4.78 is 4.75. The van der Waals surface area contributed by atoms with Crippen molar-refractivity contribution in [1.29, 1.82) is 0 Å². The molecule has 0 aliphatic rings. The lowest BCUT2D eigenvalue weighted by atomic mass is 10.1. The van der Waals surface area contributed by atoms with Crippen LogP contribution in [0.15, 0.2) is 12.8 Å². The topological polar surface area (TPSA) is 49.7 Å². The van der Waals surface area contributed by atoms with Crippen molar-refractivity contribution in [3.8, 4) is 0 Å². The summed E-state index contributed by atoms with van der Waals surface area (Å²) in [6.45, 7) is 3.64. The lowest BCUT2D eigenvalue weighted by Gasteiger charge is -2.08. The standard InChI is InChI=1S/C10H20O3/c1-2-13-10(12)8-6-4-3-5-7-9-11/h2,10-12H,1,3-9H2. The van der Waals surface area contributed by atoms with Gasteiger partial charge in [0.25, 0.3) is 0 Å². The average molecular weight is 188 g/mol. The third-order valence-corrected chi connectivity index (χ3v) is 1.86.